The van der Waals surface area contributed by atoms with Crippen LogP contribution in [-0.4, -0.2) is 49.4 Å². The molecular formula is C22H21N3O4S2. The van der Waals surface area contributed by atoms with E-state index in [1.165, 1.54) is 22.7 Å². The van der Waals surface area contributed by atoms with Gasteiger partial charge < -0.3 is 14.2 Å². The maximum absolute atomic E-state index is 13.6. The first-order valence-electron chi connectivity index (χ1n) is 9.98. The number of nitrogens with zero attached hydrogens (tertiary/aromatic N) is 3. The largest absolute Gasteiger partial charge is 0.495 e. The molecule has 0 aliphatic carbocycles. The van der Waals surface area contributed by atoms with Gasteiger partial charge in [-0.25, -0.2) is 9.97 Å². The number of hydrogen-bond donors (Lipinski definition) is 0. The van der Waals surface area contributed by atoms with Gasteiger partial charge >= 0.3 is 0 Å². The van der Waals surface area contributed by atoms with Gasteiger partial charge in [-0.1, -0.05) is 23.5 Å². The van der Waals surface area contributed by atoms with E-state index in [4.69, 9.17) is 19.2 Å². The van der Waals surface area contributed by atoms with Crippen LogP contribution >= 0.6 is 22.7 Å². The standard InChI is InChI=1S/C22H21N3O4S2/c1-27-15-9-10-16(28-2)19-18(15)24-22(31-19)25(12-13-6-5-11-29-13)21(26)20-23-14-7-3-4-8-17(14)30-20/h3-4,7-10,13H,5-6,11-12H2,1-2H3. The number of fused-ring (bicyclic) bond motifs is 2. The molecule has 3 heterocycles. The highest BCUT2D eigenvalue weighted by Crippen LogP contribution is 2.41. The zero-order valence-corrected chi connectivity index (χ0v) is 18.8. The highest BCUT2D eigenvalue weighted by Gasteiger charge is 2.29. The molecule has 4 aromatic rings. The lowest BCUT2D eigenvalue weighted by Crippen LogP contribution is -2.37. The van der Waals surface area contributed by atoms with Gasteiger partial charge in [0.05, 0.1) is 37.1 Å². The Morgan fingerprint density at radius 3 is 2.68 bits per heavy atom. The summed E-state index contributed by atoms with van der Waals surface area (Å²) in [5, 5.41) is 1.02. The van der Waals surface area contributed by atoms with Crippen LogP contribution in [0.25, 0.3) is 20.4 Å². The van der Waals surface area contributed by atoms with Crippen LogP contribution in [-0.2, 0) is 4.74 Å². The van der Waals surface area contributed by atoms with E-state index in [-0.39, 0.29) is 12.0 Å². The molecule has 160 valence electrons. The molecule has 1 atom stereocenters. The molecule has 2 aromatic heterocycles. The normalized spacial score (nSPS) is 16.1. The van der Waals surface area contributed by atoms with Crippen LogP contribution in [0.3, 0.4) is 0 Å². The molecule has 1 fully saturated rings. The number of ether oxygens (including phenoxy) is 3. The van der Waals surface area contributed by atoms with Gasteiger partial charge in [0.25, 0.3) is 5.91 Å². The Morgan fingerprint density at radius 1 is 1.13 bits per heavy atom. The second kappa shape index (κ2) is 8.41. The maximum atomic E-state index is 13.6. The van der Waals surface area contributed by atoms with E-state index in [0.717, 1.165) is 34.4 Å². The monoisotopic (exact) mass is 455 g/mol. The number of thiazole rings is 2. The molecule has 1 aliphatic heterocycles. The van der Waals surface area contributed by atoms with Gasteiger partial charge in [-0.05, 0) is 37.1 Å². The van der Waals surface area contributed by atoms with Gasteiger partial charge in [0, 0.05) is 6.61 Å². The van der Waals surface area contributed by atoms with Gasteiger partial charge in [0.2, 0.25) is 0 Å². The Kier molecular flexibility index (Phi) is 5.47. The molecule has 0 radical (unpaired) electrons. The molecule has 2 aromatic carbocycles. The number of para-hydroxylation sites is 1. The fourth-order valence-electron chi connectivity index (χ4n) is 3.71. The van der Waals surface area contributed by atoms with Crippen LogP contribution in [0.1, 0.15) is 22.6 Å². The summed E-state index contributed by atoms with van der Waals surface area (Å²) in [7, 11) is 3.23. The zero-order chi connectivity index (χ0) is 21.4. The van der Waals surface area contributed by atoms with Crippen molar-refractivity contribution in [3.63, 3.8) is 0 Å². The van der Waals surface area contributed by atoms with Crippen LogP contribution in [0, 0.1) is 0 Å². The molecule has 0 saturated carbocycles. The Morgan fingerprint density at radius 2 is 1.94 bits per heavy atom. The predicted octanol–water partition coefficient (Wildman–Crippen LogP) is 4.75. The minimum Gasteiger partial charge on any atom is -0.495 e. The fraction of sp³-hybridized carbons (Fsp3) is 0.318. The van der Waals surface area contributed by atoms with Gasteiger partial charge in [-0.3, -0.25) is 9.69 Å². The molecule has 1 aliphatic rings. The van der Waals surface area contributed by atoms with Crippen molar-refractivity contribution in [2.45, 2.75) is 18.9 Å². The molecule has 1 unspecified atom stereocenters. The summed E-state index contributed by atoms with van der Waals surface area (Å²) in [6.45, 7) is 1.15. The Balaban J connectivity index is 1.59. The van der Waals surface area contributed by atoms with Gasteiger partial charge in [0.1, 0.15) is 21.7 Å². The van der Waals surface area contributed by atoms with Crippen molar-refractivity contribution in [1.29, 1.82) is 0 Å². The third-order valence-electron chi connectivity index (χ3n) is 5.26. The van der Waals surface area contributed by atoms with Crippen LogP contribution in [0.2, 0.25) is 0 Å². The van der Waals surface area contributed by atoms with Crippen LogP contribution in [0.4, 0.5) is 5.13 Å². The second-order valence-corrected chi connectivity index (χ2v) is 9.19. The lowest BCUT2D eigenvalue weighted by Gasteiger charge is -2.22. The van der Waals surface area contributed by atoms with Crippen molar-refractivity contribution in [2.24, 2.45) is 0 Å². The SMILES string of the molecule is COc1ccc(OC)c2sc(N(CC3CCCO3)C(=O)c3nc4ccccc4s3)nc12. The minimum absolute atomic E-state index is 0.0193. The van der Waals surface area contributed by atoms with E-state index in [9.17, 15) is 4.79 Å². The Labute approximate surface area is 187 Å². The van der Waals surface area contributed by atoms with E-state index in [2.05, 4.69) is 4.98 Å². The molecule has 0 spiro atoms. The summed E-state index contributed by atoms with van der Waals surface area (Å²) in [4.78, 5) is 24.6. The number of rotatable bonds is 6. The summed E-state index contributed by atoms with van der Waals surface area (Å²) >= 11 is 2.80. The molecule has 0 bridgehead atoms. The molecule has 1 saturated heterocycles. The Bertz CT molecular complexity index is 1170. The number of anilines is 1. The molecular weight excluding hydrogens is 434 g/mol. The van der Waals surface area contributed by atoms with Gasteiger partial charge in [0.15, 0.2) is 10.1 Å². The van der Waals surface area contributed by atoms with Crippen molar-refractivity contribution in [3.8, 4) is 11.5 Å². The van der Waals surface area contributed by atoms with E-state index >= 15 is 0 Å². The first kappa shape index (κ1) is 20.2. The number of benzene rings is 2. The number of amides is 1. The number of carbonyl (C=O) groups excluding carboxylic acids is 1. The number of aromatic nitrogens is 2. The van der Waals surface area contributed by atoms with Crippen molar-refractivity contribution < 1.29 is 19.0 Å². The number of hydrogen-bond acceptors (Lipinski definition) is 8. The van der Waals surface area contributed by atoms with Crippen LogP contribution in [0.15, 0.2) is 36.4 Å². The molecule has 1 amide bonds. The predicted molar refractivity (Wildman–Crippen MR) is 123 cm³/mol. The summed E-state index contributed by atoms with van der Waals surface area (Å²) in [5.74, 6) is 1.17. The number of methoxy groups -OCH3 is 2. The van der Waals surface area contributed by atoms with Crippen molar-refractivity contribution >= 4 is 54.1 Å². The zero-order valence-electron chi connectivity index (χ0n) is 17.2. The average molecular weight is 456 g/mol. The minimum atomic E-state index is -0.173. The fourth-order valence-corrected chi connectivity index (χ4v) is 5.71. The first-order chi connectivity index (χ1) is 15.2. The maximum Gasteiger partial charge on any atom is 0.289 e. The van der Waals surface area contributed by atoms with Crippen molar-refractivity contribution in [3.05, 3.63) is 41.4 Å². The Hall–Kier alpha value is -2.75. The topological polar surface area (TPSA) is 73.8 Å². The molecule has 0 N–H and O–H groups in total. The summed E-state index contributed by atoms with van der Waals surface area (Å²) in [6.07, 6.45) is 1.89. The number of carbonyl (C=O) groups is 1. The molecule has 31 heavy (non-hydrogen) atoms. The van der Waals surface area contributed by atoms with E-state index in [1.54, 1.807) is 19.1 Å². The van der Waals surface area contributed by atoms with E-state index < -0.39 is 0 Å². The summed E-state index contributed by atoms with van der Waals surface area (Å²) in [6, 6.07) is 11.4. The molecule has 9 heteroatoms. The van der Waals surface area contributed by atoms with Gasteiger partial charge in [-0.2, -0.15) is 0 Å². The molecule has 7 nitrogen and oxygen atoms in total. The third-order valence-corrected chi connectivity index (χ3v) is 7.38. The van der Waals surface area contributed by atoms with Crippen molar-refractivity contribution in [2.75, 3.05) is 32.3 Å². The van der Waals surface area contributed by atoms with E-state index in [1.807, 2.05) is 36.4 Å². The second-order valence-electron chi connectivity index (χ2n) is 7.18. The molecule has 5 rings (SSSR count). The smallest absolute Gasteiger partial charge is 0.289 e. The third kappa shape index (κ3) is 3.73. The van der Waals surface area contributed by atoms with Gasteiger partial charge in [-0.15, -0.1) is 11.3 Å². The summed E-state index contributed by atoms with van der Waals surface area (Å²) in [5.41, 5.74) is 1.50. The average Bonchev–Trinajstić information content (AvgIpc) is 3.55. The lowest BCUT2D eigenvalue weighted by atomic mass is 10.2. The lowest BCUT2D eigenvalue weighted by molar-refractivity contribution is 0.0917. The highest BCUT2D eigenvalue weighted by molar-refractivity contribution is 7.23. The van der Waals surface area contributed by atoms with E-state index in [0.29, 0.717) is 33.7 Å². The van der Waals surface area contributed by atoms with Crippen LogP contribution in [0.5, 0.6) is 11.5 Å². The summed E-state index contributed by atoms with van der Waals surface area (Å²) < 4.78 is 18.7. The quantitative estimate of drug-likeness (QED) is 0.418. The van der Waals surface area contributed by atoms with Crippen LogP contribution < -0.4 is 14.4 Å². The van der Waals surface area contributed by atoms with Crippen molar-refractivity contribution in [1.82, 2.24) is 9.97 Å². The highest BCUT2D eigenvalue weighted by atomic mass is 32.1. The first-order valence-corrected chi connectivity index (χ1v) is 11.6.